The van der Waals surface area contributed by atoms with Crippen LogP contribution in [0.5, 0.6) is 0 Å². The first kappa shape index (κ1) is 18.1. The van der Waals surface area contributed by atoms with Crippen LogP contribution in [0.15, 0.2) is 54.9 Å². The molecule has 0 N–H and O–H groups in total. The van der Waals surface area contributed by atoms with Crippen LogP contribution in [-0.4, -0.2) is 43.9 Å². The molecule has 1 aliphatic rings. The van der Waals surface area contributed by atoms with Gasteiger partial charge in [-0.3, -0.25) is 9.78 Å². The molecule has 2 aromatic heterocycles. The molecular weight excluding hydrogens is 371 g/mol. The maximum absolute atomic E-state index is 12.6. The van der Waals surface area contributed by atoms with Gasteiger partial charge in [-0.2, -0.15) is 13.2 Å². The van der Waals surface area contributed by atoms with Gasteiger partial charge in [0.2, 0.25) is 0 Å². The van der Waals surface area contributed by atoms with E-state index in [2.05, 4.69) is 15.3 Å². The van der Waals surface area contributed by atoms with Crippen LogP contribution in [-0.2, 0) is 6.18 Å². The smallest absolute Gasteiger partial charge is 0.336 e. The van der Waals surface area contributed by atoms with Crippen LogP contribution in [0.25, 0.3) is 11.3 Å². The molecule has 1 unspecified atom stereocenters. The Bertz CT molecular complexity index is 969. The van der Waals surface area contributed by atoms with E-state index in [0.29, 0.717) is 19.5 Å². The van der Waals surface area contributed by atoms with Gasteiger partial charge in [0.25, 0.3) is 5.91 Å². The zero-order valence-corrected chi connectivity index (χ0v) is 14.7. The topological polar surface area (TPSA) is 63.9 Å². The van der Waals surface area contributed by atoms with Crippen molar-refractivity contribution in [1.82, 2.24) is 24.9 Å². The highest BCUT2D eigenvalue weighted by Gasteiger charge is 2.33. The summed E-state index contributed by atoms with van der Waals surface area (Å²) in [5.74, 6) is -0.341. The lowest BCUT2D eigenvalue weighted by Gasteiger charge is -2.16. The van der Waals surface area contributed by atoms with Gasteiger partial charge in [-0.05, 0) is 18.6 Å². The predicted molar refractivity (Wildman–Crippen MR) is 94.3 cm³/mol. The highest BCUT2D eigenvalue weighted by molar-refractivity contribution is 5.94. The Morgan fingerprint density at radius 2 is 1.89 bits per heavy atom. The summed E-state index contributed by atoms with van der Waals surface area (Å²) in [6.45, 7) is 0.905. The number of hydrogen-bond acceptors (Lipinski definition) is 4. The fraction of sp³-hybridized carbons (Fsp3) is 0.263. The SMILES string of the molecule is O=C(c1ccc(C(F)(F)F)nc1)N1CCC(n2cc(-c3ccccc3)nn2)C1. The van der Waals surface area contributed by atoms with E-state index in [4.69, 9.17) is 0 Å². The minimum absolute atomic E-state index is 0.0312. The zero-order valence-electron chi connectivity index (χ0n) is 14.7. The van der Waals surface area contributed by atoms with Gasteiger partial charge < -0.3 is 4.90 Å². The molecule has 1 atom stereocenters. The first-order valence-corrected chi connectivity index (χ1v) is 8.71. The largest absolute Gasteiger partial charge is 0.433 e. The number of halogens is 3. The van der Waals surface area contributed by atoms with E-state index in [1.54, 1.807) is 9.58 Å². The number of benzene rings is 1. The number of nitrogens with zero attached hydrogens (tertiary/aromatic N) is 5. The Hall–Kier alpha value is -3.23. The molecule has 0 aliphatic carbocycles. The molecule has 1 aromatic carbocycles. The average molecular weight is 387 g/mol. The second-order valence-electron chi connectivity index (χ2n) is 6.57. The monoisotopic (exact) mass is 387 g/mol. The standard InChI is InChI=1S/C19H16F3N5O/c20-19(21,22)17-7-6-14(10-23-17)18(28)26-9-8-15(11-26)27-12-16(24-25-27)13-4-2-1-3-5-13/h1-7,10,12,15H,8-9,11H2. The first-order chi connectivity index (χ1) is 13.4. The van der Waals surface area contributed by atoms with E-state index in [1.165, 1.54) is 0 Å². The van der Waals surface area contributed by atoms with Gasteiger partial charge >= 0.3 is 6.18 Å². The van der Waals surface area contributed by atoms with E-state index >= 15 is 0 Å². The van der Waals surface area contributed by atoms with Crippen molar-refractivity contribution >= 4 is 5.91 Å². The maximum Gasteiger partial charge on any atom is 0.433 e. The summed E-state index contributed by atoms with van der Waals surface area (Å²) in [4.78, 5) is 17.5. The van der Waals surface area contributed by atoms with Crippen LogP contribution < -0.4 is 0 Å². The molecule has 0 saturated carbocycles. The Kier molecular flexibility index (Phi) is 4.58. The summed E-state index contributed by atoms with van der Waals surface area (Å²) in [5.41, 5.74) is 0.824. The number of carbonyl (C=O) groups is 1. The van der Waals surface area contributed by atoms with Gasteiger partial charge in [-0.25, -0.2) is 4.68 Å². The summed E-state index contributed by atoms with van der Waals surface area (Å²) in [6.07, 6.45) is -1.02. The molecule has 6 nitrogen and oxygen atoms in total. The summed E-state index contributed by atoms with van der Waals surface area (Å²) in [6, 6.07) is 11.6. The molecule has 28 heavy (non-hydrogen) atoms. The fourth-order valence-corrected chi connectivity index (χ4v) is 3.21. The average Bonchev–Trinajstić information content (AvgIpc) is 3.37. The number of hydrogen-bond donors (Lipinski definition) is 0. The Balaban J connectivity index is 1.44. The normalized spacial score (nSPS) is 17.1. The number of likely N-dealkylation sites (tertiary alicyclic amines) is 1. The molecule has 1 saturated heterocycles. The van der Waals surface area contributed by atoms with Crippen LogP contribution in [0.3, 0.4) is 0 Å². The summed E-state index contributed by atoms with van der Waals surface area (Å²) < 4.78 is 39.6. The van der Waals surface area contributed by atoms with Crippen molar-refractivity contribution in [2.75, 3.05) is 13.1 Å². The van der Waals surface area contributed by atoms with Crippen LogP contribution in [0, 0.1) is 0 Å². The molecule has 3 aromatic rings. The zero-order chi connectivity index (χ0) is 19.7. The van der Waals surface area contributed by atoms with E-state index in [9.17, 15) is 18.0 Å². The molecule has 1 fully saturated rings. The predicted octanol–water partition coefficient (Wildman–Crippen LogP) is 3.45. The number of rotatable bonds is 3. The van der Waals surface area contributed by atoms with Crippen LogP contribution >= 0.6 is 0 Å². The Labute approximate surface area is 158 Å². The van der Waals surface area contributed by atoms with Crippen molar-refractivity contribution in [3.63, 3.8) is 0 Å². The molecule has 0 bridgehead atoms. The minimum Gasteiger partial charge on any atom is -0.336 e. The lowest BCUT2D eigenvalue weighted by atomic mass is 10.2. The number of carbonyl (C=O) groups excluding carboxylic acids is 1. The van der Waals surface area contributed by atoms with Crippen molar-refractivity contribution in [1.29, 1.82) is 0 Å². The number of aromatic nitrogens is 4. The third-order valence-corrected chi connectivity index (χ3v) is 4.71. The lowest BCUT2D eigenvalue weighted by molar-refractivity contribution is -0.141. The molecule has 0 spiro atoms. The minimum atomic E-state index is -4.52. The van der Waals surface area contributed by atoms with Gasteiger partial charge in [-0.15, -0.1) is 5.10 Å². The number of pyridine rings is 1. The van der Waals surface area contributed by atoms with Crippen molar-refractivity contribution in [3.8, 4) is 11.3 Å². The summed E-state index contributed by atoms with van der Waals surface area (Å²) in [5, 5.41) is 8.36. The van der Waals surface area contributed by atoms with Crippen molar-refractivity contribution in [3.05, 3.63) is 66.1 Å². The summed E-state index contributed by atoms with van der Waals surface area (Å²) in [7, 11) is 0. The molecule has 1 amide bonds. The van der Waals surface area contributed by atoms with Gasteiger partial charge in [0.1, 0.15) is 11.4 Å². The molecule has 3 heterocycles. The van der Waals surface area contributed by atoms with E-state index in [1.807, 2.05) is 36.5 Å². The quantitative estimate of drug-likeness (QED) is 0.691. The summed E-state index contributed by atoms with van der Waals surface area (Å²) >= 11 is 0. The first-order valence-electron chi connectivity index (χ1n) is 8.71. The molecular formula is C19H16F3N5O. The van der Waals surface area contributed by atoms with Crippen LogP contribution in [0.4, 0.5) is 13.2 Å². The van der Waals surface area contributed by atoms with E-state index in [-0.39, 0.29) is 17.5 Å². The van der Waals surface area contributed by atoms with Gasteiger partial charge in [-0.1, -0.05) is 35.5 Å². The lowest BCUT2D eigenvalue weighted by Crippen LogP contribution is -2.29. The van der Waals surface area contributed by atoms with Gasteiger partial charge in [0, 0.05) is 24.8 Å². The third kappa shape index (κ3) is 3.60. The molecule has 1 aliphatic heterocycles. The molecule has 0 radical (unpaired) electrons. The number of alkyl halides is 3. The fourth-order valence-electron chi connectivity index (χ4n) is 3.21. The molecule has 9 heteroatoms. The second-order valence-corrected chi connectivity index (χ2v) is 6.57. The van der Waals surface area contributed by atoms with Crippen LogP contribution in [0.2, 0.25) is 0 Å². The van der Waals surface area contributed by atoms with Gasteiger partial charge in [0.05, 0.1) is 17.8 Å². The highest BCUT2D eigenvalue weighted by atomic mass is 19.4. The molecule has 144 valence electrons. The van der Waals surface area contributed by atoms with E-state index in [0.717, 1.165) is 29.6 Å². The van der Waals surface area contributed by atoms with E-state index < -0.39 is 11.9 Å². The van der Waals surface area contributed by atoms with Crippen molar-refractivity contribution in [2.24, 2.45) is 0 Å². The molecule has 4 rings (SSSR count). The third-order valence-electron chi connectivity index (χ3n) is 4.71. The Morgan fingerprint density at radius 3 is 2.57 bits per heavy atom. The maximum atomic E-state index is 12.6. The van der Waals surface area contributed by atoms with Crippen LogP contribution in [0.1, 0.15) is 28.5 Å². The number of amides is 1. The van der Waals surface area contributed by atoms with Crippen molar-refractivity contribution < 1.29 is 18.0 Å². The second kappa shape index (κ2) is 7.06. The highest BCUT2D eigenvalue weighted by Crippen LogP contribution is 2.28. The van der Waals surface area contributed by atoms with Gasteiger partial charge in [0.15, 0.2) is 0 Å². The Morgan fingerprint density at radius 1 is 1.11 bits per heavy atom. The van der Waals surface area contributed by atoms with Crippen molar-refractivity contribution in [2.45, 2.75) is 18.6 Å².